The normalized spacial score (nSPS) is 20.5. The fraction of sp³-hybridized carbons (Fsp3) is 0.600. The molecule has 1 unspecified atom stereocenters. The van der Waals surface area contributed by atoms with Crippen molar-refractivity contribution in [2.45, 2.75) is 46.2 Å². The fourth-order valence-electron chi connectivity index (χ4n) is 2.37. The molecule has 1 saturated heterocycles. The van der Waals surface area contributed by atoms with Gasteiger partial charge in [-0.2, -0.15) is 0 Å². The summed E-state index contributed by atoms with van der Waals surface area (Å²) >= 11 is 0. The third-order valence-corrected chi connectivity index (χ3v) is 3.69. The fourth-order valence-corrected chi connectivity index (χ4v) is 2.37. The Morgan fingerprint density at radius 2 is 1.94 bits per heavy atom. The molecule has 2 heteroatoms. The molecule has 2 nitrogen and oxygen atoms in total. The topological polar surface area (TPSA) is 21.3 Å². The minimum absolute atomic E-state index is 0.532. The van der Waals surface area contributed by atoms with Crippen LogP contribution in [0, 0.1) is 20.8 Å². The zero-order valence-electron chi connectivity index (χ0n) is 11.2. The van der Waals surface area contributed by atoms with Crippen LogP contribution in [0.25, 0.3) is 0 Å². The second-order valence-electron chi connectivity index (χ2n) is 5.16. The van der Waals surface area contributed by atoms with Crippen LogP contribution in [-0.4, -0.2) is 19.3 Å². The second kappa shape index (κ2) is 5.65. The van der Waals surface area contributed by atoms with Crippen LogP contribution in [0.5, 0.6) is 0 Å². The van der Waals surface area contributed by atoms with Crippen molar-refractivity contribution in [2.75, 3.05) is 13.2 Å². The van der Waals surface area contributed by atoms with Crippen LogP contribution in [0.2, 0.25) is 0 Å². The van der Waals surface area contributed by atoms with Crippen LogP contribution in [0.3, 0.4) is 0 Å². The van der Waals surface area contributed by atoms with Gasteiger partial charge < -0.3 is 10.1 Å². The van der Waals surface area contributed by atoms with Gasteiger partial charge in [-0.25, -0.2) is 0 Å². The maximum Gasteiger partial charge on any atom is 0.0619 e. The van der Waals surface area contributed by atoms with Gasteiger partial charge in [-0.1, -0.05) is 12.1 Å². The molecule has 1 fully saturated rings. The lowest BCUT2D eigenvalue weighted by Gasteiger charge is -2.23. The minimum atomic E-state index is 0.532. The number of ether oxygens (including phenoxy) is 1. The Labute approximate surface area is 104 Å². The summed E-state index contributed by atoms with van der Waals surface area (Å²) in [5.41, 5.74) is 5.57. The van der Waals surface area contributed by atoms with Crippen LogP contribution in [0.1, 0.15) is 35.1 Å². The van der Waals surface area contributed by atoms with E-state index in [1.165, 1.54) is 35.1 Å². The first-order chi connectivity index (χ1) is 8.16. The van der Waals surface area contributed by atoms with Crippen molar-refractivity contribution in [1.29, 1.82) is 0 Å². The molecule has 0 aromatic heterocycles. The van der Waals surface area contributed by atoms with Gasteiger partial charge in [0.1, 0.15) is 0 Å². The molecule has 1 aliphatic rings. The maximum absolute atomic E-state index is 5.48. The largest absolute Gasteiger partial charge is 0.380 e. The van der Waals surface area contributed by atoms with E-state index in [1.54, 1.807) is 0 Å². The first-order valence-corrected chi connectivity index (χ1v) is 6.54. The molecule has 1 aromatic rings. The molecule has 0 spiro atoms. The molecular formula is C15H23NO. The van der Waals surface area contributed by atoms with Gasteiger partial charge in [-0.3, -0.25) is 0 Å². The molecule has 0 radical (unpaired) electrons. The van der Waals surface area contributed by atoms with Gasteiger partial charge in [0, 0.05) is 19.2 Å². The summed E-state index contributed by atoms with van der Waals surface area (Å²) in [7, 11) is 0. The number of nitrogens with one attached hydrogen (secondary N) is 1. The van der Waals surface area contributed by atoms with Gasteiger partial charge in [0.05, 0.1) is 6.61 Å². The highest BCUT2D eigenvalue weighted by atomic mass is 16.5. The second-order valence-corrected chi connectivity index (χ2v) is 5.16. The van der Waals surface area contributed by atoms with Gasteiger partial charge in [-0.05, 0) is 55.9 Å². The Morgan fingerprint density at radius 1 is 1.18 bits per heavy atom. The highest BCUT2D eigenvalue weighted by Gasteiger charge is 2.13. The predicted octanol–water partition coefficient (Wildman–Crippen LogP) is 2.88. The number of hydrogen-bond donors (Lipinski definition) is 1. The van der Waals surface area contributed by atoms with Crippen LogP contribution >= 0.6 is 0 Å². The van der Waals surface area contributed by atoms with Gasteiger partial charge in [0.25, 0.3) is 0 Å². The summed E-state index contributed by atoms with van der Waals surface area (Å²) in [5, 5.41) is 3.60. The van der Waals surface area contributed by atoms with E-state index in [0.29, 0.717) is 6.04 Å². The van der Waals surface area contributed by atoms with Gasteiger partial charge in [-0.15, -0.1) is 0 Å². The molecule has 0 saturated carbocycles. The van der Waals surface area contributed by atoms with Crippen molar-refractivity contribution in [1.82, 2.24) is 5.32 Å². The summed E-state index contributed by atoms with van der Waals surface area (Å²) < 4.78 is 5.48. The lowest BCUT2D eigenvalue weighted by Crippen LogP contribution is -2.36. The molecule has 0 bridgehead atoms. The number of hydrogen-bond acceptors (Lipinski definition) is 2. The summed E-state index contributed by atoms with van der Waals surface area (Å²) in [5.74, 6) is 0. The van der Waals surface area contributed by atoms with Crippen LogP contribution in [0.4, 0.5) is 0 Å². The SMILES string of the molecule is Cc1cc(C)c(CNC2CCCOC2)cc1C. The summed E-state index contributed by atoms with van der Waals surface area (Å²) in [6.45, 7) is 9.31. The number of rotatable bonds is 3. The lowest BCUT2D eigenvalue weighted by atomic mass is 10.0. The molecule has 17 heavy (non-hydrogen) atoms. The standard InChI is InChI=1S/C15H23NO/c1-11-7-13(3)14(8-12(11)2)9-16-15-5-4-6-17-10-15/h7-8,15-16H,4-6,9-10H2,1-3H3. The lowest BCUT2D eigenvalue weighted by molar-refractivity contribution is 0.0699. The van der Waals surface area contributed by atoms with E-state index in [4.69, 9.17) is 4.74 Å². The Bertz CT molecular complexity index is 381. The van der Waals surface area contributed by atoms with E-state index in [2.05, 4.69) is 38.2 Å². The van der Waals surface area contributed by atoms with E-state index >= 15 is 0 Å². The van der Waals surface area contributed by atoms with Crippen molar-refractivity contribution in [2.24, 2.45) is 0 Å². The summed E-state index contributed by atoms with van der Waals surface area (Å²) in [6, 6.07) is 5.12. The van der Waals surface area contributed by atoms with Crippen LogP contribution < -0.4 is 5.32 Å². The molecule has 1 aromatic carbocycles. The molecule has 1 heterocycles. The van der Waals surface area contributed by atoms with Gasteiger partial charge in [0.15, 0.2) is 0 Å². The van der Waals surface area contributed by atoms with Crippen molar-refractivity contribution >= 4 is 0 Å². The minimum Gasteiger partial charge on any atom is -0.380 e. The first kappa shape index (κ1) is 12.6. The van der Waals surface area contributed by atoms with Crippen molar-refractivity contribution in [3.05, 3.63) is 34.4 Å². The van der Waals surface area contributed by atoms with E-state index in [0.717, 1.165) is 19.8 Å². The predicted molar refractivity (Wildman–Crippen MR) is 71.3 cm³/mol. The maximum atomic E-state index is 5.48. The van der Waals surface area contributed by atoms with Gasteiger partial charge in [0.2, 0.25) is 0 Å². The molecule has 0 amide bonds. The average Bonchev–Trinajstić information content (AvgIpc) is 2.33. The summed E-state index contributed by atoms with van der Waals surface area (Å²) in [6.07, 6.45) is 2.42. The van der Waals surface area contributed by atoms with Crippen molar-refractivity contribution in [3.63, 3.8) is 0 Å². The van der Waals surface area contributed by atoms with Crippen molar-refractivity contribution < 1.29 is 4.74 Å². The molecular weight excluding hydrogens is 210 g/mol. The Balaban J connectivity index is 1.96. The summed E-state index contributed by atoms with van der Waals surface area (Å²) in [4.78, 5) is 0. The van der Waals surface area contributed by atoms with Crippen LogP contribution in [-0.2, 0) is 11.3 Å². The van der Waals surface area contributed by atoms with E-state index in [-0.39, 0.29) is 0 Å². The molecule has 1 N–H and O–H groups in total. The molecule has 0 aliphatic carbocycles. The Kier molecular flexibility index (Phi) is 4.19. The van der Waals surface area contributed by atoms with Crippen LogP contribution in [0.15, 0.2) is 12.1 Å². The highest BCUT2D eigenvalue weighted by Crippen LogP contribution is 2.16. The molecule has 2 rings (SSSR count). The van der Waals surface area contributed by atoms with E-state index in [1.807, 2.05) is 0 Å². The monoisotopic (exact) mass is 233 g/mol. The third-order valence-electron chi connectivity index (χ3n) is 3.69. The molecule has 1 atom stereocenters. The highest BCUT2D eigenvalue weighted by molar-refractivity contribution is 5.36. The average molecular weight is 233 g/mol. The van der Waals surface area contributed by atoms with E-state index in [9.17, 15) is 0 Å². The van der Waals surface area contributed by atoms with E-state index < -0.39 is 0 Å². The smallest absolute Gasteiger partial charge is 0.0619 e. The quantitative estimate of drug-likeness (QED) is 0.866. The van der Waals surface area contributed by atoms with Crippen molar-refractivity contribution in [3.8, 4) is 0 Å². The van der Waals surface area contributed by atoms with Gasteiger partial charge >= 0.3 is 0 Å². The molecule has 94 valence electrons. The zero-order valence-corrected chi connectivity index (χ0v) is 11.2. The number of aryl methyl sites for hydroxylation is 3. The third kappa shape index (κ3) is 3.30. The Hall–Kier alpha value is -0.860. The first-order valence-electron chi connectivity index (χ1n) is 6.54. The molecule has 1 aliphatic heterocycles. The number of benzene rings is 1. The zero-order chi connectivity index (χ0) is 12.3. The Morgan fingerprint density at radius 3 is 2.65 bits per heavy atom.